The van der Waals surface area contributed by atoms with E-state index in [0.717, 1.165) is 11.3 Å². The number of aryl methyl sites for hydroxylation is 2. The molecular weight excluding hydrogens is 279 g/mol. The number of aromatic nitrogens is 3. The van der Waals surface area contributed by atoms with E-state index in [-0.39, 0.29) is 12.4 Å². The van der Waals surface area contributed by atoms with Crippen molar-refractivity contribution in [3.8, 4) is 16.9 Å². The lowest BCUT2D eigenvalue weighted by molar-refractivity contribution is 0.625. The summed E-state index contributed by atoms with van der Waals surface area (Å²) in [7, 11) is 0. The molecule has 0 aliphatic heterocycles. The standard InChI is InChI=1S/C17H17FN4/c1-11-6-7-13(8-12(11)2)17-16(10-19)20-21-22(17)15-5-3-4-14(18)9-15/h3-9H,10,19H2,1-2H3. The summed E-state index contributed by atoms with van der Waals surface area (Å²) in [6, 6.07) is 12.4. The average Bonchev–Trinajstić information content (AvgIpc) is 2.94. The summed E-state index contributed by atoms with van der Waals surface area (Å²) in [4.78, 5) is 0. The molecule has 0 unspecified atom stereocenters. The largest absolute Gasteiger partial charge is 0.325 e. The van der Waals surface area contributed by atoms with E-state index < -0.39 is 0 Å². The lowest BCUT2D eigenvalue weighted by atomic mass is 10.0. The zero-order chi connectivity index (χ0) is 15.7. The number of hydrogen-bond donors (Lipinski definition) is 1. The van der Waals surface area contributed by atoms with Crippen molar-refractivity contribution < 1.29 is 4.39 Å². The number of hydrogen-bond acceptors (Lipinski definition) is 3. The van der Waals surface area contributed by atoms with Crippen molar-refractivity contribution in [2.24, 2.45) is 5.73 Å². The summed E-state index contributed by atoms with van der Waals surface area (Å²) in [6.07, 6.45) is 0. The van der Waals surface area contributed by atoms with E-state index in [1.165, 1.54) is 23.3 Å². The van der Waals surface area contributed by atoms with Crippen LogP contribution in [0.25, 0.3) is 16.9 Å². The number of halogens is 1. The predicted molar refractivity (Wildman–Crippen MR) is 84.1 cm³/mol. The quantitative estimate of drug-likeness (QED) is 0.807. The van der Waals surface area contributed by atoms with E-state index in [4.69, 9.17) is 5.73 Å². The highest BCUT2D eigenvalue weighted by molar-refractivity contribution is 5.65. The second-order valence-corrected chi connectivity index (χ2v) is 5.28. The van der Waals surface area contributed by atoms with Gasteiger partial charge in [-0.25, -0.2) is 9.07 Å². The Morgan fingerprint density at radius 1 is 1.09 bits per heavy atom. The highest BCUT2D eigenvalue weighted by Gasteiger charge is 2.16. The molecule has 0 amide bonds. The first-order chi connectivity index (χ1) is 10.6. The van der Waals surface area contributed by atoms with Gasteiger partial charge in [-0.2, -0.15) is 0 Å². The maximum atomic E-state index is 13.5. The Kier molecular flexibility index (Phi) is 3.73. The van der Waals surface area contributed by atoms with E-state index in [1.807, 2.05) is 12.1 Å². The van der Waals surface area contributed by atoms with Crippen molar-refractivity contribution >= 4 is 0 Å². The SMILES string of the molecule is Cc1ccc(-c2c(CN)nnn2-c2cccc(F)c2)cc1C. The Bertz CT molecular complexity index is 823. The van der Waals surface area contributed by atoms with Crippen molar-refractivity contribution in [3.05, 3.63) is 65.1 Å². The third-order valence-corrected chi connectivity index (χ3v) is 3.77. The first-order valence-corrected chi connectivity index (χ1v) is 7.08. The van der Waals surface area contributed by atoms with Crippen LogP contribution in [-0.2, 0) is 6.54 Å². The molecule has 0 fully saturated rings. The first kappa shape index (κ1) is 14.4. The third kappa shape index (κ3) is 2.51. The highest BCUT2D eigenvalue weighted by atomic mass is 19.1. The molecule has 3 rings (SSSR count). The molecule has 1 aromatic heterocycles. The highest BCUT2D eigenvalue weighted by Crippen LogP contribution is 2.27. The average molecular weight is 296 g/mol. The Labute approximate surface area is 128 Å². The molecule has 0 radical (unpaired) electrons. The van der Waals surface area contributed by atoms with E-state index in [0.29, 0.717) is 11.4 Å². The fourth-order valence-corrected chi connectivity index (χ4v) is 2.42. The molecule has 0 saturated heterocycles. The van der Waals surface area contributed by atoms with Crippen molar-refractivity contribution in [2.45, 2.75) is 20.4 Å². The lowest BCUT2D eigenvalue weighted by Crippen LogP contribution is -2.03. The molecule has 0 atom stereocenters. The summed E-state index contributed by atoms with van der Waals surface area (Å²) < 4.78 is 15.1. The summed E-state index contributed by atoms with van der Waals surface area (Å²) in [5.74, 6) is -0.312. The van der Waals surface area contributed by atoms with E-state index in [9.17, 15) is 4.39 Å². The van der Waals surface area contributed by atoms with E-state index in [2.05, 4.69) is 30.2 Å². The van der Waals surface area contributed by atoms with Gasteiger partial charge < -0.3 is 5.73 Å². The maximum Gasteiger partial charge on any atom is 0.125 e. The molecule has 2 N–H and O–H groups in total. The van der Waals surface area contributed by atoms with Gasteiger partial charge >= 0.3 is 0 Å². The molecule has 2 aromatic carbocycles. The number of nitrogens with two attached hydrogens (primary N) is 1. The van der Waals surface area contributed by atoms with Crippen molar-refractivity contribution in [1.82, 2.24) is 15.0 Å². The van der Waals surface area contributed by atoms with Crippen LogP contribution in [0.3, 0.4) is 0 Å². The summed E-state index contributed by atoms with van der Waals surface area (Å²) in [5, 5.41) is 8.28. The molecule has 0 saturated carbocycles. The van der Waals surface area contributed by atoms with Gasteiger partial charge in [-0.1, -0.05) is 23.4 Å². The van der Waals surface area contributed by atoms with Crippen LogP contribution >= 0.6 is 0 Å². The van der Waals surface area contributed by atoms with Gasteiger partial charge in [0, 0.05) is 12.1 Å². The van der Waals surface area contributed by atoms with E-state index >= 15 is 0 Å². The third-order valence-electron chi connectivity index (χ3n) is 3.77. The second kappa shape index (κ2) is 5.69. The smallest absolute Gasteiger partial charge is 0.125 e. The summed E-state index contributed by atoms with van der Waals surface area (Å²) in [5.41, 5.74) is 11.3. The topological polar surface area (TPSA) is 56.7 Å². The van der Waals surface area contributed by atoms with Gasteiger partial charge in [-0.3, -0.25) is 0 Å². The van der Waals surface area contributed by atoms with Gasteiger partial charge in [0.2, 0.25) is 0 Å². The van der Waals surface area contributed by atoms with Gasteiger partial charge in [0.05, 0.1) is 11.4 Å². The normalized spacial score (nSPS) is 10.9. The zero-order valence-electron chi connectivity index (χ0n) is 12.5. The van der Waals surface area contributed by atoms with Crippen LogP contribution in [0, 0.1) is 19.7 Å². The van der Waals surface area contributed by atoms with Crippen LogP contribution in [0.4, 0.5) is 4.39 Å². The molecule has 1 heterocycles. The molecule has 5 heteroatoms. The number of benzene rings is 2. The fraction of sp³-hybridized carbons (Fsp3) is 0.176. The second-order valence-electron chi connectivity index (χ2n) is 5.28. The van der Waals surface area contributed by atoms with E-state index in [1.54, 1.807) is 16.8 Å². The van der Waals surface area contributed by atoms with Crippen molar-refractivity contribution in [1.29, 1.82) is 0 Å². The monoisotopic (exact) mass is 296 g/mol. The zero-order valence-corrected chi connectivity index (χ0v) is 12.5. The first-order valence-electron chi connectivity index (χ1n) is 7.08. The fourth-order valence-electron chi connectivity index (χ4n) is 2.42. The summed E-state index contributed by atoms with van der Waals surface area (Å²) in [6.45, 7) is 4.39. The van der Waals surface area contributed by atoms with Crippen LogP contribution in [0.15, 0.2) is 42.5 Å². The minimum atomic E-state index is -0.312. The Morgan fingerprint density at radius 3 is 2.59 bits per heavy atom. The molecule has 22 heavy (non-hydrogen) atoms. The molecular formula is C17H17FN4. The minimum Gasteiger partial charge on any atom is -0.325 e. The van der Waals surface area contributed by atoms with Crippen LogP contribution in [0.5, 0.6) is 0 Å². The Hall–Kier alpha value is -2.53. The Balaban J connectivity index is 2.21. The molecule has 0 aliphatic rings. The maximum absolute atomic E-state index is 13.5. The van der Waals surface area contributed by atoms with Crippen LogP contribution in [-0.4, -0.2) is 15.0 Å². The number of nitrogens with zero attached hydrogens (tertiary/aromatic N) is 3. The predicted octanol–water partition coefficient (Wildman–Crippen LogP) is 3.15. The van der Waals surface area contributed by atoms with Crippen LogP contribution < -0.4 is 5.73 Å². The van der Waals surface area contributed by atoms with Gasteiger partial charge in [-0.05, 0) is 49.2 Å². The van der Waals surface area contributed by atoms with Gasteiger partial charge in [-0.15, -0.1) is 5.10 Å². The molecule has 0 spiro atoms. The van der Waals surface area contributed by atoms with Crippen LogP contribution in [0.2, 0.25) is 0 Å². The molecule has 0 bridgehead atoms. The Morgan fingerprint density at radius 2 is 1.91 bits per heavy atom. The van der Waals surface area contributed by atoms with Crippen molar-refractivity contribution in [2.75, 3.05) is 0 Å². The number of rotatable bonds is 3. The van der Waals surface area contributed by atoms with Crippen LogP contribution in [0.1, 0.15) is 16.8 Å². The van der Waals surface area contributed by atoms with Crippen molar-refractivity contribution in [3.63, 3.8) is 0 Å². The summed E-state index contributed by atoms with van der Waals surface area (Å²) >= 11 is 0. The molecule has 4 nitrogen and oxygen atoms in total. The minimum absolute atomic E-state index is 0.275. The molecule has 112 valence electrons. The molecule has 3 aromatic rings. The lowest BCUT2D eigenvalue weighted by Gasteiger charge is -2.10. The van der Waals surface area contributed by atoms with Gasteiger partial charge in [0.1, 0.15) is 11.5 Å². The van der Waals surface area contributed by atoms with Gasteiger partial charge in [0.15, 0.2) is 0 Å². The molecule has 0 aliphatic carbocycles. The van der Waals surface area contributed by atoms with Gasteiger partial charge in [0.25, 0.3) is 0 Å².